The molecule has 233 valence electrons. The quantitative estimate of drug-likeness (QED) is 0.163. The number of aryl methyl sites for hydroxylation is 2. The molecule has 0 spiro atoms. The van der Waals surface area contributed by atoms with E-state index >= 15 is 0 Å². The topological polar surface area (TPSA) is 51.8 Å². The van der Waals surface area contributed by atoms with Crippen LogP contribution in [0.15, 0.2) is 114 Å². The molecule has 5 heteroatoms. The van der Waals surface area contributed by atoms with Gasteiger partial charge in [0.25, 0.3) is 0 Å². The molecular formula is C41H37IrN3O-2. The first-order valence-electron chi connectivity index (χ1n) is 19.4. The van der Waals surface area contributed by atoms with Gasteiger partial charge < -0.3 is 14.4 Å². The van der Waals surface area contributed by atoms with Crippen LogP contribution in [0.25, 0.3) is 44.6 Å². The van der Waals surface area contributed by atoms with E-state index in [1.54, 1.807) is 45.2 Å². The summed E-state index contributed by atoms with van der Waals surface area (Å²) in [6.07, 6.45) is -1.07. The van der Waals surface area contributed by atoms with E-state index in [1.165, 1.54) is 36.4 Å². The zero-order chi connectivity index (χ0) is 40.0. The summed E-state index contributed by atoms with van der Waals surface area (Å²) in [5, 5.41) is 1.19. The Morgan fingerprint density at radius 3 is 2.35 bits per heavy atom. The van der Waals surface area contributed by atoms with E-state index in [0.717, 1.165) is 17.5 Å². The number of pyridine rings is 3. The molecule has 0 amide bonds. The van der Waals surface area contributed by atoms with E-state index in [0.29, 0.717) is 27.5 Å². The van der Waals surface area contributed by atoms with Gasteiger partial charge in [-0.05, 0) is 83.7 Å². The van der Waals surface area contributed by atoms with E-state index in [1.807, 2.05) is 42.5 Å². The second-order valence-electron chi connectivity index (χ2n) is 11.4. The molecule has 0 fully saturated rings. The Balaban J connectivity index is 0.000000391. The summed E-state index contributed by atoms with van der Waals surface area (Å²) < 4.78 is 88.5. The maximum absolute atomic E-state index is 9.07. The largest absolute Gasteiger partial charge is 0.486 e. The van der Waals surface area contributed by atoms with E-state index in [9.17, 15) is 0 Å². The van der Waals surface area contributed by atoms with Gasteiger partial charge >= 0.3 is 0 Å². The summed E-state index contributed by atoms with van der Waals surface area (Å²) in [5.41, 5.74) is 2.24. The second-order valence-corrected chi connectivity index (χ2v) is 11.4. The Morgan fingerprint density at radius 1 is 0.804 bits per heavy atom. The van der Waals surface area contributed by atoms with Gasteiger partial charge in [-0.25, -0.2) is 4.98 Å². The van der Waals surface area contributed by atoms with Crippen molar-refractivity contribution >= 4 is 22.1 Å². The Labute approximate surface area is 299 Å². The number of aromatic nitrogens is 3. The molecule has 0 unspecified atom stereocenters. The molecule has 7 aromatic rings. The Morgan fingerprint density at radius 2 is 1.63 bits per heavy atom. The van der Waals surface area contributed by atoms with Crippen LogP contribution in [-0.2, 0) is 32.9 Å². The van der Waals surface area contributed by atoms with Gasteiger partial charge in [0.2, 0.25) is 5.71 Å². The van der Waals surface area contributed by atoms with Crippen LogP contribution in [-0.4, -0.2) is 15.0 Å². The first kappa shape index (κ1) is 22.1. The maximum Gasteiger partial charge on any atom is 0.216 e. The number of hydrogen-bond acceptors (Lipinski definition) is 4. The van der Waals surface area contributed by atoms with Crippen molar-refractivity contribution in [3.63, 3.8) is 0 Å². The molecule has 4 aromatic heterocycles. The predicted octanol–water partition coefficient (Wildman–Crippen LogP) is 10.2. The fourth-order valence-corrected chi connectivity index (χ4v) is 4.81. The minimum absolute atomic E-state index is 0. The van der Waals surface area contributed by atoms with Crippen LogP contribution in [0.1, 0.15) is 62.4 Å². The Bertz CT molecular complexity index is 2400. The van der Waals surface area contributed by atoms with Gasteiger partial charge in [-0.2, -0.15) is 0 Å². The molecule has 7 rings (SSSR count). The fraction of sp³-hybridized carbons (Fsp3) is 0.195. The number of hydrogen-bond donors (Lipinski definition) is 0. The van der Waals surface area contributed by atoms with Gasteiger partial charge in [-0.15, -0.1) is 54.1 Å². The number of nitrogens with zero attached hydrogens (tertiary/aromatic N) is 3. The number of benzene rings is 3. The SMILES string of the molecule is [2H]C([2H])([2H])c1ccc2c(n1)oc1c(-c3cc(C([2H])([2H])c4ccc(C([2H])([2H])C(C)(C)C)cc4)c(C([2H])([2H])[2H])cn3)[c-]ccc12.[Ir].[c-]1ccccc1-c1ccccn1. The Hall–Kier alpha value is -4.44. The summed E-state index contributed by atoms with van der Waals surface area (Å²) in [5.74, 6) is 0. The molecule has 4 nitrogen and oxygen atoms in total. The maximum atomic E-state index is 9.07. The molecule has 0 aliphatic heterocycles. The average molecular weight is 790 g/mol. The summed E-state index contributed by atoms with van der Waals surface area (Å²) in [7, 11) is 0. The van der Waals surface area contributed by atoms with Crippen LogP contribution in [0, 0.1) is 31.3 Å². The van der Waals surface area contributed by atoms with Crippen molar-refractivity contribution in [2.45, 2.75) is 47.2 Å². The zero-order valence-corrected chi connectivity index (χ0v) is 27.9. The number of furan rings is 1. The van der Waals surface area contributed by atoms with Gasteiger partial charge in [0.15, 0.2) is 0 Å². The normalized spacial score (nSPS) is 15.5. The summed E-state index contributed by atoms with van der Waals surface area (Å²) >= 11 is 0. The first-order valence-corrected chi connectivity index (χ1v) is 14.4. The summed E-state index contributed by atoms with van der Waals surface area (Å²) in [6, 6.07) is 33.6. The van der Waals surface area contributed by atoms with Crippen molar-refractivity contribution in [2.24, 2.45) is 5.41 Å². The molecule has 0 aliphatic carbocycles. The minimum Gasteiger partial charge on any atom is -0.486 e. The Kier molecular flexibility index (Phi) is 6.90. The molecule has 0 saturated heterocycles. The number of rotatable bonds is 5. The van der Waals surface area contributed by atoms with Crippen LogP contribution in [0.3, 0.4) is 0 Å². The van der Waals surface area contributed by atoms with Crippen molar-refractivity contribution < 1.29 is 38.2 Å². The van der Waals surface area contributed by atoms with Crippen molar-refractivity contribution in [3.8, 4) is 22.5 Å². The predicted molar refractivity (Wildman–Crippen MR) is 184 cm³/mol. The van der Waals surface area contributed by atoms with Crippen LogP contribution >= 0.6 is 0 Å². The summed E-state index contributed by atoms with van der Waals surface area (Å²) in [4.78, 5) is 12.7. The third-order valence-corrected chi connectivity index (χ3v) is 6.79. The van der Waals surface area contributed by atoms with Gasteiger partial charge in [0, 0.05) is 57.3 Å². The van der Waals surface area contributed by atoms with Crippen molar-refractivity contribution in [1.82, 2.24) is 15.0 Å². The summed E-state index contributed by atoms with van der Waals surface area (Å²) in [6.45, 7) is 0.238. The fourth-order valence-electron chi connectivity index (χ4n) is 4.81. The van der Waals surface area contributed by atoms with Gasteiger partial charge in [0.05, 0.1) is 5.58 Å². The van der Waals surface area contributed by atoms with E-state index in [2.05, 4.69) is 27.1 Å². The van der Waals surface area contributed by atoms with Gasteiger partial charge in [0.1, 0.15) is 0 Å². The second kappa shape index (κ2) is 14.3. The molecule has 0 atom stereocenters. The smallest absolute Gasteiger partial charge is 0.216 e. The van der Waals surface area contributed by atoms with E-state index in [4.69, 9.17) is 18.1 Å². The third-order valence-electron chi connectivity index (χ3n) is 6.79. The third kappa shape index (κ3) is 7.85. The van der Waals surface area contributed by atoms with Crippen LogP contribution in [0.5, 0.6) is 0 Å². The van der Waals surface area contributed by atoms with Crippen LogP contribution in [0.2, 0.25) is 0 Å². The van der Waals surface area contributed by atoms with Crippen LogP contribution < -0.4 is 0 Å². The standard InChI is InChI=1S/C30H29N2O.C11H8N.Ir/c1-19-18-31-27(16-23(19)15-21-10-12-22(13-11-21)17-30(3,4)5)26-8-6-7-24-25-14-9-20(2)32-29(25)33-28(24)26;1-2-6-10(7-3-1)11-8-4-5-9-12-11;/h6-7,9-14,16,18H,15,17H2,1-5H3;1-6,8-9H;/q2*-1;/i1D3,2D3,15D2,17D2;;. The molecule has 3 aromatic carbocycles. The van der Waals surface area contributed by atoms with Crippen molar-refractivity contribution in [2.75, 3.05) is 0 Å². The molecule has 0 bridgehead atoms. The van der Waals surface area contributed by atoms with E-state index in [-0.39, 0.29) is 53.9 Å². The molecule has 0 N–H and O–H groups in total. The molecule has 1 radical (unpaired) electrons. The minimum atomic E-state index is -2.68. The van der Waals surface area contributed by atoms with Gasteiger partial charge in [-0.3, -0.25) is 0 Å². The first-order chi connectivity index (χ1) is 25.7. The van der Waals surface area contributed by atoms with Crippen LogP contribution in [0.4, 0.5) is 0 Å². The van der Waals surface area contributed by atoms with Crippen molar-refractivity contribution in [1.29, 1.82) is 0 Å². The monoisotopic (exact) mass is 790 g/mol. The zero-order valence-electron chi connectivity index (χ0n) is 35.5. The molecular weight excluding hydrogens is 743 g/mol. The molecule has 4 heterocycles. The van der Waals surface area contributed by atoms with Gasteiger partial charge in [-0.1, -0.05) is 74.2 Å². The average Bonchev–Trinajstić information content (AvgIpc) is 3.53. The number of fused-ring (bicyclic) bond motifs is 3. The van der Waals surface area contributed by atoms with Crippen molar-refractivity contribution in [3.05, 3.63) is 150 Å². The molecule has 46 heavy (non-hydrogen) atoms. The molecule has 0 aliphatic rings. The molecule has 0 saturated carbocycles. The van der Waals surface area contributed by atoms with E-state index < -0.39 is 31.9 Å².